The molecule has 1 aliphatic heterocycles. The maximum absolute atomic E-state index is 6.26. The molecule has 1 aromatic carbocycles. The lowest BCUT2D eigenvalue weighted by atomic mass is 9.78. The van der Waals surface area contributed by atoms with Gasteiger partial charge in [-0.05, 0) is 56.2 Å². The van der Waals surface area contributed by atoms with Crippen LogP contribution in [0.5, 0.6) is 0 Å². The zero-order valence-electron chi connectivity index (χ0n) is 13.2. The molecule has 0 aromatic heterocycles. The van der Waals surface area contributed by atoms with Gasteiger partial charge in [0.2, 0.25) is 0 Å². The van der Waals surface area contributed by atoms with Crippen molar-refractivity contribution in [3.63, 3.8) is 0 Å². The molecule has 0 radical (unpaired) electrons. The minimum absolute atomic E-state index is 0.135. The van der Waals surface area contributed by atoms with Crippen molar-refractivity contribution < 1.29 is 4.74 Å². The highest BCUT2D eigenvalue weighted by Gasteiger charge is 2.40. The number of methoxy groups -OCH3 is 1. The van der Waals surface area contributed by atoms with Gasteiger partial charge in [-0.15, -0.1) is 0 Å². The van der Waals surface area contributed by atoms with E-state index in [1.807, 2.05) is 7.11 Å². The Balaban J connectivity index is 1.84. The van der Waals surface area contributed by atoms with Crippen molar-refractivity contribution in [1.82, 2.24) is 4.90 Å². The van der Waals surface area contributed by atoms with Gasteiger partial charge < -0.3 is 10.5 Å². The molecule has 0 spiro atoms. The third kappa shape index (κ3) is 3.01. The van der Waals surface area contributed by atoms with Gasteiger partial charge >= 0.3 is 0 Å². The average molecular weight is 288 g/mol. The summed E-state index contributed by atoms with van der Waals surface area (Å²) >= 11 is 0. The highest BCUT2D eigenvalue weighted by atomic mass is 16.5. The monoisotopic (exact) mass is 288 g/mol. The van der Waals surface area contributed by atoms with Gasteiger partial charge in [0.1, 0.15) is 0 Å². The lowest BCUT2D eigenvalue weighted by Gasteiger charge is -2.47. The minimum atomic E-state index is 0.135. The topological polar surface area (TPSA) is 38.5 Å². The fraction of sp³-hybridized carbons (Fsp3) is 0.667. The van der Waals surface area contributed by atoms with E-state index in [1.165, 1.54) is 43.2 Å². The van der Waals surface area contributed by atoms with Gasteiger partial charge in [0, 0.05) is 25.7 Å². The molecule has 2 N–H and O–H groups in total. The molecular weight excluding hydrogens is 260 g/mol. The summed E-state index contributed by atoms with van der Waals surface area (Å²) in [5.74, 6) is 0. The van der Waals surface area contributed by atoms with E-state index < -0.39 is 0 Å². The Morgan fingerprint density at radius 3 is 2.86 bits per heavy atom. The number of nitrogens with two attached hydrogens (primary N) is 1. The Labute approximate surface area is 128 Å². The molecule has 1 aromatic rings. The van der Waals surface area contributed by atoms with Crippen LogP contribution in [0.2, 0.25) is 0 Å². The number of rotatable bonds is 3. The van der Waals surface area contributed by atoms with Crippen molar-refractivity contribution in [3.8, 4) is 0 Å². The van der Waals surface area contributed by atoms with Gasteiger partial charge in [-0.25, -0.2) is 0 Å². The van der Waals surface area contributed by atoms with Crippen molar-refractivity contribution in [2.24, 2.45) is 5.73 Å². The number of benzene rings is 1. The highest BCUT2D eigenvalue weighted by Crippen LogP contribution is 2.36. The largest absolute Gasteiger partial charge is 0.381 e. The molecule has 1 heterocycles. The van der Waals surface area contributed by atoms with Crippen LogP contribution >= 0.6 is 0 Å². The Hall–Kier alpha value is -0.900. The van der Waals surface area contributed by atoms with Crippen LogP contribution in [0, 0.1) is 0 Å². The first kappa shape index (κ1) is 15.0. The first-order valence-electron chi connectivity index (χ1n) is 8.32. The molecule has 2 aliphatic rings. The number of ether oxygens (including phenoxy) is 1. The molecule has 21 heavy (non-hydrogen) atoms. The SMILES string of the molecule is COC1CCCC(CN)(N2CCCc3ccccc3C2)C1. The molecule has 2 atom stereocenters. The van der Waals surface area contributed by atoms with E-state index in [2.05, 4.69) is 29.2 Å². The van der Waals surface area contributed by atoms with Crippen LogP contribution in [0.15, 0.2) is 24.3 Å². The first-order valence-corrected chi connectivity index (χ1v) is 8.32. The van der Waals surface area contributed by atoms with Gasteiger partial charge in [-0.3, -0.25) is 4.90 Å². The summed E-state index contributed by atoms with van der Waals surface area (Å²) in [5, 5.41) is 0. The molecule has 0 saturated heterocycles. The molecule has 3 heteroatoms. The Kier molecular flexibility index (Phi) is 4.63. The Morgan fingerprint density at radius 2 is 2.10 bits per heavy atom. The van der Waals surface area contributed by atoms with Crippen molar-refractivity contribution in [3.05, 3.63) is 35.4 Å². The highest BCUT2D eigenvalue weighted by molar-refractivity contribution is 5.28. The second-order valence-corrected chi connectivity index (χ2v) is 6.68. The van der Waals surface area contributed by atoms with Gasteiger partial charge in [0.25, 0.3) is 0 Å². The van der Waals surface area contributed by atoms with Crippen LogP contribution in [0.1, 0.15) is 43.2 Å². The third-order valence-corrected chi connectivity index (χ3v) is 5.51. The Morgan fingerprint density at radius 1 is 1.29 bits per heavy atom. The minimum Gasteiger partial charge on any atom is -0.381 e. The fourth-order valence-electron chi connectivity index (χ4n) is 4.20. The third-order valence-electron chi connectivity index (χ3n) is 5.51. The van der Waals surface area contributed by atoms with E-state index >= 15 is 0 Å². The van der Waals surface area contributed by atoms with Crippen molar-refractivity contribution in [2.45, 2.75) is 56.7 Å². The van der Waals surface area contributed by atoms with Gasteiger partial charge in [0.15, 0.2) is 0 Å². The summed E-state index contributed by atoms with van der Waals surface area (Å²) in [6.07, 6.45) is 7.52. The van der Waals surface area contributed by atoms with Crippen molar-refractivity contribution in [2.75, 3.05) is 20.2 Å². The van der Waals surface area contributed by atoms with E-state index in [-0.39, 0.29) is 5.54 Å². The fourth-order valence-corrected chi connectivity index (χ4v) is 4.20. The van der Waals surface area contributed by atoms with E-state index in [1.54, 1.807) is 0 Å². The summed E-state index contributed by atoms with van der Waals surface area (Å²) in [4.78, 5) is 2.66. The van der Waals surface area contributed by atoms with Gasteiger partial charge in [-0.2, -0.15) is 0 Å². The lowest BCUT2D eigenvalue weighted by molar-refractivity contribution is -0.0252. The predicted molar refractivity (Wildman–Crippen MR) is 86.2 cm³/mol. The van der Waals surface area contributed by atoms with Gasteiger partial charge in [0.05, 0.1) is 6.10 Å². The van der Waals surface area contributed by atoms with Crippen LogP contribution in [0.4, 0.5) is 0 Å². The van der Waals surface area contributed by atoms with Crippen LogP contribution in [0.25, 0.3) is 0 Å². The maximum Gasteiger partial charge on any atom is 0.0589 e. The van der Waals surface area contributed by atoms with Crippen LogP contribution < -0.4 is 5.73 Å². The summed E-state index contributed by atoms with van der Waals surface area (Å²) in [6.45, 7) is 2.95. The normalized spacial score (nSPS) is 30.7. The molecule has 3 nitrogen and oxygen atoms in total. The number of fused-ring (bicyclic) bond motifs is 1. The summed E-state index contributed by atoms with van der Waals surface area (Å²) in [5.41, 5.74) is 9.40. The molecule has 0 bridgehead atoms. The average Bonchev–Trinajstić information content (AvgIpc) is 2.77. The maximum atomic E-state index is 6.26. The summed E-state index contributed by atoms with van der Waals surface area (Å²) < 4.78 is 5.66. The summed E-state index contributed by atoms with van der Waals surface area (Å²) in [6, 6.07) is 8.90. The smallest absolute Gasteiger partial charge is 0.0589 e. The number of nitrogens with zero attached hydrogens (tertiary/aromatic N) is 1. The molecule has 1 saturated carbocycles. The number of aryl methyl sites for hydroxylation is 1. The first-order chi connectivity index (χ1) is 10.3. The van der Waals surface area contributed by atoms with Gasteiger partial charge in [-0.1, -0.05) is 24.3 Å². The summed E-state index contributed by atoms with van der Waals surface area (Å²) in [7, 11) is 1.84. The van der Waals surface area contributed by atoms with Crippen molar-refractivity contribution in [1.29, 1.82) is 0 Å². The molecule has 1 aliphatic carbocycles. The molecule has 3 rings (SSSR count). The number of hydrogen-bond acceptors (Lipinski definition) is 3. The number of hydrogen-bond donors (Lipinski definition) is 1. The van der Waals surface area contributed by atoms with E-state index in [0.717, 1.165) is 26.1 Å². The van der Waals surface area contributed by atoms with Crippen LogP contribution in [0.3, 0.4) is 0 Å². The molecule has 2 unspecified atom stereocenters. The molecule has 1 fully saturated rings. The lowest BCUT2D eigenvalue weighted by Crippen LogP contribution is -2.57. The predicted octanol–water partition coefficient (Wildman–Crippen LogP) is 2.72. The molecular formula is C18H28N2O. The second kappa shape index (κ2) is 6.47. The van der Waals surface area contributed by atoms with Crippen molar-refractivity contribution >= 4 is 0 Å². The quantitative estimate of drug-likeness (QED) is 0.929. The van der Waals surface area contributed by atoms with Crippen LogP contribution in [-0.2, 0) is 17.7 Å². The zero-order valence-corrected chi connectivity index (χ0v) is 13.2. The van der Waals surface area contributed by atoms with E-state index in [4.69, 9.17) is 10.5 Å². The molecule has 0 amide bonds. The van der Waals surface area contributed by atoms with E-state index in [9.17, 15) is 0 Å². The molecule has 116 valence electrons. The standard InChI is InChI=1S/C18H28N2O/c1-21-17-9-4-10-18(12-17,14-19)20-11-5-8-15-6-2-3-7-16(15)13-20/h2-3,6-7,17H,4-5,8-14,19H2,1H3. The zero-order chi connectivity index (χ0) is 14.7. The van der Waals surface area contributed by atoms with E-state index in [0.29, 0.717) is 6.10 Å². The van der Waals surface area contributed by atoms with Crippen LogP contribution in [-0.4, -0.2) is 36.7 Å². The Bertz CT molecular complexity index is 476. The second-order valence-electron chi connectivity index (χ2n) is 6.68.